The van der Waals surface area contributed by atoms with Crippen LogP contribution in [0.25, 0.3) is 0 Å². The average molecular weight is 297 g/mol. The molecule has 5 heteroatoms. The second kappa shape index (κ2) is 8.49. The summed E-state index contributed by atoms with van der Waals surface area (Å²) in [6.45, 7) is 13.5. The van der Waals surface area contributed by atoms with Crippen LogP contribution in [-0.4, -0.2) is 59.4 Å². The quantitative estimate of drug-likeness (QED) is 0.657. The Hall–Kier alpha value is -0.940. The highest BCUT2D eigenvalue weighted by Crippen LogP contribution is 2.17. The fourth-order valence-electron chi connectivity index (χ4n) is 2.91. The van der Waals surface area contributed by atoms with Crippen LogP contribution in [0.3, 0.4) is 0 Å². The molecule has 2 unspecified atom stereocenters. The monoisotopic (exact) mass is 297 g/mol. The van der Waals surface area contributed by atoms with Crippen LogP contribution in [0.15, 0.2) is 0 Å². The number of nitrogens with zero attached hydrogens (tertiary/aromatic N) is 2. The lowest BCUT2D eigenvalue weighted by Crippen LogP contribution is -2.44. The summed E-state index contributed by atoms with van der Waals surface area (Å²) in [7, 11) is 0. The number of carbonyl (C=O) groups is 2. The first kappa shape index (κ1) is 18.1. The van der Waals surface area contributed by atoms with Gasteiger partial charge in [0, 0.05) is 12.1 Å². The number of imide groups is 1. The Morgan fingerprint density at radius 1 is 1.24 bits per heavy atom. The van der Waals surface area contributed by atoms with Gasteiger partial charge in [-0.25, -0.2) is 0 Å². The van der Waals surface area contributed by atoms with Gasteiger partial charge in [0.2, 0.25) is 11.8 Å². The van der Waals surface area contributed by atoms with E-state index in [9.17, 15) is 9.59 Å². The summed E-state index contributed by atoms with van der Waals surface area (Å²) < 4.78 is 0. The van der Waals surface area contributed by atoms with E-state index in [1.54, 1.807) is 0 Å². The SMILES string of the molecule is CCN(CC)CCCC(C)NC1CC(=O)N(C(C)C)C1=O. The highest BCUT2D eigenvalue weighted by molar-refractivity contribution is 6.05. The van der Waals surface area contributed by atoms with Gasteiger partial charge in [0.15, 0.2) is 0 Å². The summed E-state index contributed by atoms with van der Waals surface area (Å²) in [5, 5.41) is 3.32. The van der Waals surface area contributed by atoms with Crippen LogP contribution >= 0.6 is 0 Å². The molecule has 1 aliphatic rings. The van der Waals surface area contributed by atoms with Crippen molar-refractivity contribution in [2.75, 3.05) is 19.6 Å². The second-order valence-corrected chi connectivity index (χ2v) is 6.19. The fraction of sp³-hybridized carbons (Fsp3) is 0.875. The number of hydrogen-bond donors (Lipinski definition) is 1. The summed E-state index contributed by atoms with van der Waals surface area (Å²) in [4.78, 5) is 27.8. The Labute approximate surface area is 129 Å². The molecular formula is C16H31N3O2. The zero-order chi connectivity index (χ0) is 16.0. The van der Waals surface area contributed by atoms with E-state index in [2.05, 4.69) is 31.0 Å². The normalized spacial score (nSPS) is 20.9. The summed E-state index contributed by atoms with van der Waals surface area (Å²) in [5.41, 5.74) is 0. The number of rotatable bonds is 9. The Morgan fingerprint density at radius 3 is 2.33 bits per heavy atom. The molecule has 0 aliphatic carbocycles. The van der Waals surface area contributed by atoms with E-state index in [4.69, 9.17) is 0 Å². The minimum Gasteiger partial charge on any atom is -0.304 e. The molecule has 0 radical (unpaired) electrons. The molecule has 2 amide bonds. The minimum absolute atomic E-state index is 0.0465. The predicted octanol–water partition coefficient (Wildman–Crippen LogP) is 1.62. The van der Waals surface area contributed by atoms with Crippen molar-refractivity contribution in [3.05, 3.63) is 0 Å². The minimum atomic E-state index is -0.330. The molecule has 0 aromatic carbocycles. The lowest BCUT2D eigenvalue weighted by Gasteiger charge is -2.22. The van der Waals surface area contributed by atoms with Crippen molar-refractivity contribution < 1.29 is 9.59 Å². The van der Waals surface area contributed by atoms with Crippen molar-refractivity contribution in [1.29, 1.82) is 0 Å². The molecule has 21 heavy (non-hydrogen) atoms. The van der Waals surface area contributed by atoms with Crippen LogP contribution < -0.4 is 5.32 Å². The van der Waals surface area contributed by atoms with Crippen molar-refractivity contribution >= 4 is 11.8 Å². The third-order valence-electron chi connectivity index (χ3n) is 4.19. The van der Waals surface area contributed by atoms with Crippen LogP contribution in [-0.2, 0) is 9.59 Å². The molecule has 1 rings (SSSR count). The third kappa shape index (κ3) is 5.08. The second-order valence-electron chi connectivity index (χ2n) is 6.19. The number of amides is 2. The first-order valence-corrected chi connectivity index (χ1v) is 8.24. The first-order valence-electron chi connectivity index (χ1n) is 8.24. The molecule has 2 atom stereocenters. The van der Waals surface area contributed by atoms with E-state index >= 15 is 0 Å². The summed E-state index contributed by atoms with van der Waals surface area (Å²) in [6.07, 6.45) is 2.44. The molecule has 0 spiro atoms. The average Bonchev–Trinajstić information content (AvgIpc) is 2.69. The van der Waals surface area contributed by atoms with Gasteiger partial charge in [-0.15, -0.1) is 0 Å². The highest BCUT2D eigenvalue weighted by atomic mass is 16.2. The van der Waals surface area contributed by atoms with E-state index in [0.717, 1.165) is 32.5 Å². The topological polar surface area (TPSA) is 52.7 Å². The molecule has 1 heterocycles. The van der Waals surface area contributed by atoms with Gasteiger partial charge in [-0.05, 0) is 53.2 Å². The van der Waals surface area contributed by atoms with E-state index in [1.807, 2.05) is 13.8 Å². The first-order chi connectivity index (χ1) is 9.90. The van der Waals surface area contributed by atoms with Crippen molar-refractivity contribution in [2.45, 2.75) is 72.0 Å². The van der Waals surface area contributed by atoms with Crippen molar-refractivity contribution in [1.82, 2.24) is 15.1 Å². The molecule has 1 N–H and O–H groups in total. The maximum atomic E-state index is 12.2. The van der Waals surface area contributed by atoms with Crippen molar-refractivity contribution in [2.24, 2.45) is 0 Å². The molecule has 0 saturated carbocycles. The number of carbonyl (C=O) groups excluding carboxylic acids is 2. The standard InChI is InChI=1S/C16H31N3O2/c1-6-18(7-2)10-8-9-13(5)17-14-11-15(20)19(12(3)4)16(14)21/h12-14,17H,6-11H2,1-5H3. The molecule has 1 aliphatic heterocycles. The Morgan fingerprint density at radius 2 is 1.86 bits per heavy atom. The highest BCUT2D eigenvalue weighted by Gasteiger charge is 2.40. The van der Waals surface area contributed by atoms with Crippen LogP contribution in [0.2, 0.25) is 0 Å². The van der Waals surface area contributed by atoms with Gasteiger partial charge in [-0.1, -0.05) is 13.8 Å². The molecule has 5 nitrogen and oxygen atoms in total. The van der Waals surface area contributed by atoms with E-state index in [1.165, 1.54) is 4.90 Å². The molecule has 0 bridgehead atoms. The smallest absolute Gasteiger partial charge is 0.247 e. The van der Waals surface area contributed by atoms with Gasteiger partial charge in [0.25, 0.3) is 0 Å². The molecule has 1 fully saturated rings. The van der Waals surface area contributed by atoms with Crippen molar-refractivity contribution in [3.8, 4) is 0 Å². The third-order valence-corrected chi connectivity index (χ3v) is 4.19. The largest absolute Gasteiger partial charge is 0.304 e. The maximum Gasteiger partial charge on any atom is 0.247 e. The maximum absolute atomic E-state index is 12.2. The van der Waals surface area contributed by atoms with Gasteiger partial charge in [0.1, 0.15) is 0 Å². The molecular weight excluding hydrogens is 266 g/mol. The fourth-order valence-corrected chi connectivity index (χ4v) is 2.91. The van der Waals surface area contributed by atoms with Crippen LogP contribution in [0, 0.1) is 0 Å². The van der Waals surface area contributed by atoms with Crippen LogP contribution in [0.5, 0.6) is 0 Å². The summed E-state index contributed by atoms with van der Waals surface area (Å²) in [5.74, 6) is -0.117. The summed E-state index contributed by atoms with van der Waals surface area (Å²) >= 11 is 0. The lowest BCUT2D eigenvalue weighted by atomic mass is 10.1. The molecule has 0 aromatic rings. The number of nitrogens with one attached hydrogen (secondary N) is 1. The number of likely N-dealkylation sites (tertiary alicyclic amines) is 1. The lowest BCUT2D eigenvalue weighted by molar-refractivity contribution is -0.140. The molecule has 122 valence electrons. The van der Waals surface area contributed by atoms with E-state index in [-0.39, 0.29) is 29.9 Å². The van der Waals surface area contributed by atoms with E-state index in [0.29, 0.717) is 6.42 Å². The zero-order valence-corrected chi connectivity index (χ0v) is 14.2. The van der Waals surface area contributed by atoms with E-state index < -0.39 is 0 Å². The molecule has 0 aromatic heterocycles. The van der Waals surface area contributed by atoms with Crippen LogP contribution in [0.1, 0.15) is 53.9 Å². The van der Waals surface area contributed by atoms with Gasteiger partial charge in [0.05, 0.1) is 12.5 Å². The van der Waals surface area contributed by atoms with Gasteiger partial charge in [-0.3, -0.25) is 14.5 Å². The van der Waals surface area contributed by atoms with Gasteiger partial charge in [-0.2, -0.15) is 0 Å². The van der Waals surface area contributed by atoms with Gasteiger partial charge < -0.3 is 10.2 Å². The van der Waals surface area contributed by atoms with Crippen LogP contribution in [0.4, 0.5) is 0 Å². The van der Waals surface area contributed by atoms with Crippen molar-refractivity contribution in [3.63, 3.8) is 0 Å². The Balaban J connectivity index is 2.37. The zero-order valence-electron chi connectivity index (χ0n) is 14.2. The van der Waals surface area contributed by atoms with Gasteiger partial charge >= 0.3 is 0 Å². The Bertz CT molecular complexity index is 353. The predicted molar refractivity (Wildman–Crippen MR) is 85.0 cm³/mol. The summed E-state index contributed by atoms with van der Waals surface area (Å²) in [6, 6.07) is -0.118. The number of hydrogen-bond acceptors (Lipinski definition) is 4. The Kier molecular flexibility index (Phi) is 7.32. The molecule has 1 saturated heterocycles.